The molecule has 3 rings (SSSR count). The van der Waals surface area contributed by atoms with Gasteiger partial charge in [0.1, 0.15) is 5.82 Å². The van der Waals surface area contributed by atoms with Gasteiger partial charge in [-0.25, -0.2) is 22.1 Å². The van der Waals surface area contributed by atoms with Crippen LogP contribution in [-0.2, 0) is 14.8 Å². The summed E-state index contributed by atoms with van der Waals surface area (Å²) in [6, 6.07) is 4.47. The molecule has 0 aliphatic carbocycles. The summed E-state index contributed by atoms with van der Waals surface area (Å²) in [7, 11) is -3.22. The van der Waals surface area contributed by atoms with Gasteiger partial charge >= 0.3 is 0 Å². The molecule has 1 fully saturated rings. The largest absolute Gasteiger partial charge is 0.326 e. The smallest absolute Gasteiger partial charge is 0.227 e. The third-order valence-electron chi connectivity index (χ3n) is 4.58. The molecule has 1 aliphatic heterocycles. The molecule has 0 bridgehead atoms. The van der Waals surface area contributed by atoms with Crippen LogP contribution in [0.3, 0.4) is 0 Å². The number of halogens is 1. The third kappa shape index (κ3) is 3.94. The van der Waals surface area contributed by atoms with Gasteiger partial charge in [0, 0.05) is 37.1 Å². The molecule has 9 heteroatoms. The van der Waals surface area contributed by atoms with Gasteiger partial charge in [-0.05, 0) is 38.0 Å². The SMILES string of the molecule is CCS(=O)(=O)N1CCC(C(=O)Nc2ccc(-n3ccnc3)c(F)c2)CC1. The Labute approximate surface area is 151 Å². The van der Waals surface area contributed by atoms with Crippen LogP contribution < -0.4 is 5.32 Å². The highest BCUT2D eigenvalue weighted by atomic mass is 32.2. The first kappa shape index (κ1) is 18.5. The van der Waals surface area contributed by atoms with E-state index in [2.05, 4.69) is 10.3 Å². The van der Waals surface area contributed by atoms with Crippen molar-refractivity contribution in [2.45, 2.75) is 19.8 Å². The molecule has 1 amide bonds. The van der Waals surface area contributed by atoms with Gasteiger partial charge in [-0.15, -0.1) is 0 Å². The molecule has 0 radical (unpaired) electrons. The van der Waals surface area contributed by atoms with E-state index in [1.807, 2.05) is 0 Å². The number of anilines is 1. The number of carbonyl (C=O) groups excluding carboxylic acids is 1. The summed E-state index contributed by atoms with van der Waals surface area (Å²) in [6.45, 7) is 2.28. The van der Waals surface area contributed by atoms with Crippen molar-refractivity contribution in [1.29, 1.82) is 0 Å². The fraction of sp³-hybridized carbons (Fsp3) is 0.412. The lowest BCUT2D eigenvalue weighted by Crippen LogP contribution is -2.42. The van der Waals surface area contributed by atoms with Crippen LogP contribution in [0.2, 0.25) is 0 Å². The normalized spacial score (nSPS) is 16.5. The number of hydrogen-bond acceptors (Lipinski definition) is 4. The highest BCUT2D eigenvalue weighted by molar-refractivity contribution is 7.89. The molecule has 0 spiro atoms. The number of benzene rings is 1. The predicted molar refractivity (Wildman–Crippen MR) is 95.9 cm³/mol. The van der Waals surface area contributed by atoms with Crippen molar-refractivity contribution in [3.63, 3.8) is 0 Å². The Kier molecular flexibility index (Phi) is 5.38. The van der Waals surface area contributed by atoms with Gasteiger partial charge in [-0.2, -0.15) is 0 Å². The second-order valence-corrected chi connectivity index (χ2v) is 8.46. The predicted octanol–water partition coefficient (Wildman–Crippen LogP) is 2.01. The second kappa shape index (κ2) is 7.55. The average molecular weight is 380 g/mol. The fourth-order valence-electron chi connectivity index (χ4n) is 3.02. The Hall–Kier alpha value is -2.26. The van der Waals surface area contributed by atoms with Crippen molar-refractivity contribution in [3.05, 3.63) is 42.7 Å². The summed E-state index contributed by atoms with van der Waals surface area (Å²) >= 11 is 0. The van der Waals surface area contributed by atoms with Crippen LogP contribution in [0.25, 0.3) is 5.69 Å². The van der Waals surface area contributed by atoms with Crippen LogP contribution in [0.15, 0.2) is 36.9 Å². The number of imidazole rings is 1. The van der Waals surface area contributed by atoms with Crippen molar-refractivity contribution >= 4 is 21.6 Å². The molecular formula is C17H21FN4O3S. The van der Waals surface area contributed by atoms with E-state index in [4.69, 9.17) is 0 Å². The summed E-state index contributed by atoms with van der Waals surface area (Å²) < 4.78 is 41.0. The number of hydrogen-bond donors (Lipinski definition) is 1. The maximum Gasteiger partial charge on any atom is 0.227 e. The van der Waals surface area contributed by atoms with Crippen molar-refractivity contribution < 1.29 is 17.6 Å². The molecule has 0 saturated carbocycles. The summed E-state index contributed by atoms with van der Waals surface area (Å²) in [5, 5.41) is 2.72. The van der Waals surface area contributed by atoms with Gasteiger partial charge in [0.25, 0.3) is 0 Å². The molecule has 2 aromatic rings. The van der Waals surface area contributed by atoms with Crippen LogP contribution in [0.1, 0.15) is 19.8 Å². The van der Waals surface area contributed by atoms with E-state index in [0.29, 0.717) is 37.3 Å². The molecule has 0 atom stereocenters. The Balaban J connectivity index is 1.61. The van der Waals surface area contributed by atoms with Gasteiger partial charge < -0.3 is 9.88 Å². The van der Waals surface area contributed by atoms with E-state index in [0.717, 1.165) is 0 Å². The number of amides is 1. The van der Waals surface area contributed by atoms with E-state index >= 15 is 0 Å². The molecule has 1 aromatic carbocycles. The Morgan fingerprint density at radius 3 is 2.65 bits per heavy atom. The lowest BCUT2D eigenvalue weighted by molar-refractivity contribution is -0.120. The van der Waals surface area contributed by atoms with Crippen molar-refractivity contribution in [2.75, 3.05) is 24.2 Å². The zero-order valence-electron chi connectivity index (χ0n) is 14.4. The van der Waals surface area contributed by atoms with Crippen LogP contribution in [0.5, 0.6) is 0 Å². The zero-order valence-corrected chi connectivity index (χ0v) is 15.2. The van der Waals surface area contributed by atoms with E-state index in [-0.39, 0.29) is 17.6 Å². The molecular weight excluding hydrogens is 359 g/mol. The number of sulfonamides is 1. The third-order valence-corrected chi connectivity index (χ3v) is 6.46. The number of nitrogens with one attached hydrogen (secondary N) is 1. The lowest BCUT2D eigenvalue weighted by atomic mass is 9.97. The van der Waals surface area contributed by atoms with E-state index in [1.165, 1.54) is 16.7 Å². The maximum atomic E-state index is 14.3. The first-order valence-corrected chi connectivity index (χ1v) is 10.1. The Morgan fingerprint density at radius 2 is 2.08 bits per heavy atom. The molecule has 140 valence electrons. The number of piperidine rings is 1. The van der Waals surface area contributed by atoms with Gasteiger partial charge in [-0.3, -0.25) is 4.79 Å². The summed E-state index contributed by atoms with van der Waals surface area (Å²) in [5.41, 5.74) is 0.721. The number of carbonyl (C=O) groups is 1. The molecule has 1 aliphatic rings. The van der Waals surface area contributed by atoms with Crippen molar-refractivity contribution in [1.82, 2.24) is 13.9 Å². The minimum absolute atomic E-state index is 0.0619. The van der Waals surface area contributed by atoms with Crippen molar-refractivity contribution in [3.8, 4) is 5.69 Å². The number of nitrogens with zero attached hydrogens (tertiary/aromatic N) is 3. The molecule has 1 saturated heterocycles. The van der Waals surface area contributed by atoms with Crippen LogP contribution in [-0.4, -0.2) is 47.0 Å². The monoisotopic (exact) mass is 380 g/mol. The van der Waals surface area contributed by atoms with E-state index < -0.39 is 15.8 Å². The fourth-order valence-corrected chi connectivity index (χ4v) is 4.15. The molecule has 1 N–H and O–H groups in total. The first-order chi connectivity index (χ1) is 12.4. The van der Waals surface area contributed by atoms with Gasteiger partial charge in [-0.1, -0.05) is 0 Å². The van der Waals surface area contributed by atoms with Gasteiger partial charge in [0.05, 0.1) is 17.8 Å². The number of rotatable bonds is 5. The summed E-state index contributed by atoms with van der Waals surface area (Å²) in [6.07, 6.45) is 5.60. The minimum Gasteiger partial charge on any atom is -0.326 e. The van der Waals surface area contributed by atoms with Gasteiger partial charge in [0.2, 0.25) is 15.9 Å². The second-order valence-electron chi connectivity index (χ2n) is 6.20. The van der Waals surface area contributed by atoms with Crippen LogP contribution in [0, 0.1) is 11.7 Å². The summed E-state index contributed by atoms with van der Waals surface area (Å²) in [5.74, 6) is -0.903. The molecule has 0 unspecified atom stereocenters. The zero-order chi connectivity index (χ0) is 18.7. The lowest BCUT2D eigenvalue weighted by Gasteiger charge is -2.30. The highest BCUT2D eigenvalue weighted by Gasteiger charge is 2.30. The number of aromatic nitrogens is 2. The van der Waals surface area contributed by atoms with Gasteiger partial charge in [0.15, 0.2) is 0 Å². The quantitative estimate of drug-likeness (QED) is 0.860. The molecule has 2 heterocycles. The minimum atomic E-state index is -3.22. The molecule has 7 nitrogen and oxygen atoms in total. The van der Waals surface area contributed by atoms with E-state index in [1.54, 1.807) is 36.0 Å². The highest BCUT2D eigenvalue weighted by Crippen LogP contribution is 2.23. The molecule has 26 heavy (non-hydrogen) atoms. The first-order valence-electron chi connectivity index (χ1n) is 8.47. The van der Waals surface area contributed by atoms with Crippen LogP contribution in [0.4, 0.5) is 10.1 Å². The summed E-state index contributed by atoms with van der Waals surface area (Å²) in [4.78, 5) is 16.3. The Bertz CT molecular complexity index is 875. The van der Waals surface area contributed by atoms with Crippen LogP contribution >= 0.6 is 0 Å². The topological polar surface area (TPSA) is 84.3 Å². The standard InChI is InChI=1S/C17H21FN4O3S/c1-2-26(24,25)22-8-5-13(6-9-22)17(23)20-14-3-4-16(15(18)11-14)21-10-7-19-12-21/h3-4,7,10-13H,2,5-6,8-9H2,1H3,(H,20,23). The van der Waals surface area contributed by atoms with Crippen molar-refractivity contribution in [2.24, 2.45) is 5.92 Å². The van der Waals surface area contributed by atoms with E-state index in [9.17, 15) is 17.6 Å². The average Bonchev–Trinajstić information content (AvgIpc) is 3.16. The maximum absolute atomic E-state index is 14.3. The molecule has 1 aromatic heterocycles. The Morgan fingerprint density at radius 1 is 1.35 bits per heavy atom.